The van der Waals surface area contributed by atoms with Gasteiger partial charge in [-0.2, -0.15) is 0 Å². The summed E-state index contributed by atoms with van der Waals surface area (Å²) in [5.74, 6) is 0.982. The Hall–Kier alpha value is 0.140. The van der Waals surface area contributed by atoms with Gasteiger partial charge in [0.05, 0.1) is 0 Å². The summed E-state index contributed by atoms with van der Waals surface area (Å²) < 4.78 is 1.27. The summed E-state index contributed by atoms with van der Waals surface area (Å²) >= 11 is 5.55. The van der Waals surface area contributed by atoms with Gasteiger partial charge in [0.2, 0.25) is 0 Å². The molecule has 16 heavy (non-hydrogen) atoms. The molecule has 1 atom stereocenters. The van der Waals surface area contributed by atoms with Crippen molar-refractivity contribution in [1.29, 1.82) is 0 Å². The number of halogens is 1. The Bertz CT molecular complexity index is 324. The molecule has 0 amide bonds. The van der Waals surface area contributed by atoms with Crippen molar-refractivity contribution >= 4 is 27.3 Å². The summed E-state index contributed by atoms with van der Waals surface area (Å²) in [7, 11) is 0. The van der Waals surface area contributed by atoms with E-state index in [4.69, 9.17) is 0 Å². The molecule has 1 fully saturated rings. The Labute approximate surface area is 111 Å². The first-order valence-corrected chi connectivity index (χ1v) is 7.81. The molecule has 2 rings (SSSR count). The molecule has 0 aromatic carbocycles. The van der Waals surface area contributed by atoms with Crippen LogP contribution in [0.2, 0.25) is 0 Å². The summed E-state index contributed by atoms with van der Waals surface area (Å²) in [6.07, 6.45) is 5.42. The second-order valence-corrected chi connectivity index (χ2v) is 6.88. The number of hydrogen-bond acceptors (Lipinski definition) is 2. The molecule has 1 aromatic heterocycles. The van der Waals surface area contributed by atoms with Crippen LogP contribution in [0.3, 0.4) is 0 Å². The van der Waals surface area contributed by atoms with E-state index in [0.29, 0.717) is 6.04 Å². The van der Waals surface area contributed by atoms with E-state index in [0.717, 1.165) is 12.5 Å². The van der Waals surface area contributed by atoms with Gasteiger partial charge in [-0.05, 0) is 54.2 Å². The Morgan fingerprint density at radius 1 is 1.56 bits per heavy atom. The summed E-state index contributed by atoms with van der Waals surface area (Å²) in [6.45, 7) is 5.55. The van der Waals surface area contributed by atoms with E-state index >= 15 is 0 Å². The molecule has 1 unspecified atom stereocenters. The highest BCUT2D eigenvalue weighted by Gasteiger charge is 2.26. The van der Waals surface area contributed by atoms with E-state index in [2.05, 4.69) is 41.2 Å². The Balaban J connectivity index is 2.03. The maximum Gasteiger partial charge on any atom is 0.0417 e. The molecule has 1 heterocycles. The van der Waals surface area contributed by atoms with Crippen molar-refractivity contribution in [1.82, 2.24) is 5.32 Å². The molecule has 1 aliphatic rings. The standard InChI is InChI=1S/C13H20BrNS/c1-3-6-15-12(7-10-4-5-10)13-8-11(14)9(2)16-13/h8,10,12,15H,3-7H2,1-2H3. The zero-order chi connectivity index (χ0) is 11.5. The van der Waals surface area contributed by atoms with Gasteiger partial charge in [0.15, 0.2) is 0 Å². The molecule has 3 heteroatoms. The molecule has 0 aliphatic heterocycles. The lowest BCUT2D eigenvalue weighted by atomic mass is 10.1. The second-order valence-electron chi connectivity index (χ2n) is 4.74. The molecule has 1 aliphatic carbocycles. The van der Waals surface area contributed by atoms with Crippen LogP contribution in [0.4, 0.5) is 0 Å². The van der Waals surface area contributed by atoms with Crippen LogP contribution in [0.1, 0.15) is 48.4 Å². The molecular weight excluding hydrogens is 282 g/mol. The van der Waals surface area contributed by atoms with Gasteiger partial charge < -0.3 is 5.32 Å². The molecule has 1 saturated carbocycles. The van der Waals surface area contributed by atoms with Crippen LogP contribution in [0, 0.1) is 12.8 Å². The maximum atomic E-state index is 3.69. The van der Waals surface area contributed by atoms with E-state index in [1.807, 2.05) is 11.3 Å². The van der Waals surface area contributed by atoms with Gasteiger partial charge in [0, 0.05) is 20.3 Å². The number of aryl methyl sites for hydroxylation is 1. The Morgan fingerprint density at radius 2 is 2.31 bits per heavy atom. The molecule has 90 valence electrons. The first-order chi connectivity index (χ1) is 7.70. The average Bonchev–Trinajstić information content (AvgIpc) is 3.01. The van der Waals surface area contributed by atoms with E-state index in [1.54, 1.807) is 0 Å². The Kier molecular flexibility index (Phi) is 4.45. The van der Waals surface area contributed by atoms with Crippen LogP contribution in [0.25, 0.3) is 0 Å². The predicted octanol–water partition coefficient (Wildman–Crippen LogP) is 4.66. The number of rotatable bonds is 6. The SMILES string of the molecule is CCCNC(CC1CC1)c1cc(Br)c(C)s1. The first-order valence-electron chi connectivity index (χ1n) is 6.20. The lowest BCUT2D eigenvalue weighted by Gasteiger charge is -2.16. The third kappa shape index (κ3) is 3.31. The lowest BCUT2D eigenvalue weighted by molar-refractivity contribution is 0.480. The molecule has 1 N–H and O–H groups in total. The third-order valence-electron chi connectivity index (χ3n) is 3.13. The number of nitrogens with one attached hydrogen (secondary N) is 1. The van der Waals surface area contributed by atoms with Crippen LogP contribution in [-0.4, -0.2) is 6.54 Å². The summed E-state index contributed by atoms with van der Waals surface area (Å²) in [5.41, 5.74) is 0. The highest BCUT2D eigenvalue weighted by atomic mass is 79.9. The van der Waals surface area contributed by atoms with Crippen molar-refractivity contribution in [3.05, 3.63) is 20.3 Å². The van der Waals surface area contributed by atoms with Crippen molar-refractivity contribution < 1.29 is 0 Å². The number of hydrogen-bond donors (Lipinski definition) is 1. The quantitative estimate of drug-likeness (QED) is 0.806. The zero-order valence-corrected chi connectivity index (χ0v) is 12.5. The highest BCUT2D eigenvalue weighted by molar-refractivity contribution is 9.10. The highest BCUT2D eigenvalue weighted by Crippen LogP contribution is 2.40. The predicted molar refractivity (Wildman–Crippen MR) is 75.1 cm³/mol. The van der Waals surface area contributed by atoms with E-state index < -0.39 is 0 Å². The smallest absolute Gasteiger partial charge is 0.0417 e. The molecule has 1 nitrogen and oxygen atoms in total. The molecule has 1 aromatic rings. The van der Waals surface area contributed by atoms with Crippen LogP contribution in [0.15, 0.2) is 10.5 Å². The fraction of sp³-hybridized carbons (Fsp3) is 0.692. The average molecular weight is 302 g/mol. The van der Waals surface area contributed by atoms with Crippen LogP contribution >= 0.6 is 27.3 Å². The van der Waals surface area contributed by atoms with Gasteiger partial charge in [-0.25, -0.2) is 0 Å². The van der Waals surface area contributed by atoms with E-state index in [9.17, 15) is 0 Å². The van der Waals surface area contributed by atoms with Crippen molar-refractivity contribution in [2.45, 2.75) is 45.6 Å². The molecular formula is C13H20BrNS. The van der Waals surface area contributed by atoms with E-state index in [1.165, 1.54) is 39.9 Å². The molecule has 0 radical (unpaired) electrons. The van der Waals surface area contributed by atoms with Gasteiger partial charge in [-0.1, -0.05) is 19.8 Å². The van der Waals surface area contributed by atoms with Crippen molar-refractivity contribution in [3.8, 4) is 0 Å². The maximum absolute atomic E-state index is 3.69. The normalized spacial score (nSPS) is 17.7. The van der Waals surface area contributed by atoms with Gasteiger partial charge in [0.25, 0.3) is 0 Å². The lowest BCUT2D eigenvalue weighted by Crippen LogP contribution is -2.21. The van der Waals surface area contributed by atoms with Gasteiger partial charge in [0.1, 0.15) is 0 Å². The van der Waals surface area contributed by atoms with Crippen LogP contribution < -0.4 is 5.32 Å². The fourth-order valence-corrected chi connectivity index (χ4v) is 3.61. The fourth-order valence-electron chi connectivity index (χ4n) is 1.96. The minimum absolute atomic E-state index is 0.586. The largest absolute Gasteiger partial charge is 0.309 e. The van der Waals surface area contributed by atoms with Gasteiger partial charge >= 0.3 is 0 Å². The Morgan fingerprint density at radius 3 is 2.81 bits per heavy atom. The van der Waals surface area contributed by atoms with E-state index in [-0.39, 0.29) is 0 Å². The van der Waals surface area contributed by atoms with Gasteiger partial charge in [-0.15, -0.1) is 11.3 Å². The van der Waals surface area contributed by atoms with Crippen molar-refractivity contribution in [2.75, 3.05) is 6.54 Å². The first kappa shape index (κ1) is 12.6. The molecule has 0 saturated heterocycles. The third-order valence-corrected chi connectivity index (χ3v) is 5.38. The minimum atomic E-state index is 0.586. The van der Waals surface area contributed by atoms with Gasteiger partial charge in [-0.3, -0.25) is 0 Å². The molecule has 0 spiro atoms. The summed E-state index contributed by atoms with van der Waals surface area (Å²) in [6, 6.07) is 2.89. The summed E-state index contributed by atoms with van der Waals surface area (Å²) in [4.78, 5) is 2.90. The summed E-state index contributed by atoms with van der Waals surface area (Å²) in [5, 5.41) is 3.69. The molecule has 0 bridgehead atoms. The minimum Gasteiger partial charge on any atom is -0.309 e. The number of thiophene rings is 1. The second kappa shape index (κ2) is 5.65. The van der Waals surface area contributed by atoms with Crippen molar-refractivity contribution in [3.63, 3.8) is 0 Å². The topological polar surface area (TPSA) is 12.0 Å². The van der Waals surface area contributed by atoms with Crippen molar-refractivity contribution in [2.24, 2.45) is 5.92 Å². The van der Waals surface area contributed by atoms with Crippen LogP contribution in [0.5, 0.6) is 0 Å². The monoisotopic (exact) mass is 301 g/mol. The van der Waals surface area contributed by atoms with Crippen LogP contribution in [-0.2, 0) is 0 Å². The zero-order valence-electron chi connectivity index (χ0n) is 10.1.